The van der Waals surface area contributed by atoms with Gasteiger partial charge in [0.25, 0.3) is 10.0 Å². The van der Waals surface area contributed by atoms with Crippen molar-refractivity contribution in [2.75, 3.05) is 10.8 Å². The van der Waals surface area contributed by atoms with Gasteiger partial charge >= 0.3 is 0 Å². The standard InChI is InChI=1S/C32H38ClN3O4S/c1-3-25-18-20-28(21-19-25)36(41(39,40)29-15-8-5-9-16-29)23-31(37)35(22-26-12-10-11-17-30(26)33)24(2)32(38)34-27-13-6-4-7-14-27/h5,8-12,15-21,24,27H,3-4,6-7,13-14,22-23H2,1-2H3,(H,34,38). The molecule has 0 bridgehead atoms. The van der Waals surface area contributed by atoms with Gasteiger partial charge in [-0.3, -0.25) is 13.9 Å². The van der Waals surface area contributed by atoms with Crippen molar-refractivity contribution >= 4 is 39.1 Å². The fraction of sp³-hybridized carbons (Fsp3) is 0.375. The molecule has 3 aromatic rings. The first kappa shape index (κ1) is 30.6. The number of hydrogen-bond donors (Lipinski definition) is 1. The molecule has 2 amide bonds. The maximum atomic E-state index is 14.1. The van der Waals surface area contributed by atoms with Crippen molar-refractivity contribution in [2.45, 2.75) is 75.9 Å². The van der Waals surface area contributed by atoms with E-state index in [9.17, 15) is 18.0 Å². The summed E-state index contributed by atoms with van der Waals surface area (Å²) in [7, 11) is -4.09. The molecule has 1 aliphatic carbocycles. The first-order valence-corrected chi connectivity index (χ1v) is 16.0. The van der Waals surface area contributed by atoms with E-state index in [1.54, 1.807) is 55.5 Å². The van der Waals surface area contributed by atoms with Gasteiger partial charge in [-0.25, -0.2) is 8.42 Å². The molecule has 4 rings (SSSR count). The Morgan fingerprint density at radius 1 is 0.927 bits per heavy atom. The van der Waals surface area contributed by atoms with E-state index in [0.717, 1.165) is 48.4 Å². The van der Waals surface area contributed by atoms with Gasteiger partial charge in [0, 0.05) is 17.6 Å². The van der Waals surface area contributed by atoms with Crippen molar-refractivity contribution in [3.8, 4) is 0 Å². The van der Waals surface area contributed by atoms with Crippen LogP contribution in [0.4, 0.5) is 5.69 Å². The second kappa shape index (κ2) is 14.0. The van der Waals surface area contributed by atoms with Crippen LogP contribution < -0.4 is 9.62 Å². The van der Waals surface area contributed by atoms with Crippen molar-refractivity contribution in [2.24, 2.45) is 0 Å². The molecule has 41 heavy (non-hydrogen) atoms. The van der Waals surface area contributed by atoms with E-state index in [-0.39, 0.29) is 23.4 Å². The predicted molar refractivity (Wildman–Crippen MR) is 163 cm³/mol. The molecule has 1 N–H and O–H groups in total. The number of nitrogens with zero attached hydrogens (tertiary/aromatic N) is 2. The second-order valence-electron chi connectivity index (χ2n) is 10.5. The predicted octanol–water partition coefficient (Wildman–Crippen LogP) is 5.96. The van der Waals surface area contributed by atoms with Crippen LogP contribution in [0.1, 0.15) is 57.1 Å². The van der Waals surface area contributed by atoms with Crippen LogP contribution in [-0.4, -0.2) is 43.8 Å². The van der Waals surface area contributed by atoms with Gasteiger partial charge in [-0.15, -0.1) is 0 Å². The van der Waals surface area contributed by atoms with E-state index in [1.807, 2.05) is 25.1 Å². The van der Waals surface area contributed by atoms with E-state index >= 15 is 0 Å². The summed E-state index contributed by atoms with van der Waals surface area (Å²) in [6, 6.07) is 21.6. The molecule has 1 atom stereocenters. The van der Waals surface area contributed by atoms with Gasteiger partial charge in [0.2, 0.25) is 11.8 Å². The van der Waals surface area contributed by atoms with Crippen molar-refractivity contribution in [3.63, 3.8) is 0 Å². The Kier molecular flexibility index (Phi) is 10.5. The number of carbonyl (C=O) groups excluding carboxylic acids is 2. The highest BCUT2D eigenvalue weighted by Crippen LogP contribution is 2.26. The zero-order chi connectivity index (χ0) is 29.4. The topological polar surface area (TPSA) is 86.8 Å². The van der Waals surface area contributed by atoms with E-state index in [4.69, 9.17) is 11.6 Å². The highest BCUT2D eigenvalue weighted by molar-refractivity contribution is 7.92. The van der Waals surface area contributed by atoms with Crippen LogP contribution in [0, 0.1) is 0 Å². The Balaban J connectivity index is 1.67. The van der Waals surface area contributed by atoms with E-state index in [2.05, 4.69) is 5.32 Å². The molecule has 0 radical (unpaired) electrons. The average molecular weight is 596 g/mol. The largest absolute Gasteiger partial charge is 0.352 e. The molecule has 1 aliphatic rings. The molecule has 0 aliphatic heterocycles. The van der Waals surface area contributed by atoms with E-state index < -0.39 is 28.5 Å². The van der Waals surface area contributed by atoms with Crippen LogP contribution in [0.25, 0.3) is 0 Å². The first-order chi connectivity index (χ1) is 19.7. The summed E-state index contributed by atoms with van der Waals surface area (Å²) in [5.41, 5.74) is 2.09. The molecule has 1 unspecified atom stereocenters. The number of anilines is 1. The smallest absolute Gasteiger partial charge is 0.264 e. The van der Waals surface area contributed by atoms with Crippen molar-refractivity contribution in [1.29, 1.82) is 0 Å². The Morgan fingerprint density at radius 2 is 1.56 bits per heavy atom. The summed E-state index contributed by atoms with van der Waals surface area (Å²) in [4.78, 5) is 29.0. The Hall–Kier alpha value is -3.36. The van der Waals surface area contributed by atoms with Gasteiger partial charge in [0.15, 0.2) is 0 Å². The maximum absolute atomic E-state index is 14.1. The van der Waals surface area contributed by atoms with Gasteiger partial charge in [0.05, 0.1) is 10.6 Å². The zero-order valence-corrected chi connectivity index (χ0v) is 25.2. The minimum Gasteiger partial charge on any atom is -0.352 e. The summed E-state index contributed by atoms with van der Waals surface area (Å²) < 4.78 is 28.9. The molecular weight excluding hydrogens is 558 g/mol. The third-order valence-corrected chi connectivity index (χ3v) is 9.82. The fourth-order valence-electron chi connectivity index (χ4n) is 5.11. The van der Waals surface area contributed by atoms with Crippen LogP contribution in [0.2, 0.25) is 5.02 Å². The van der Waals surface area contributed by atoms with Gasteiger partial charge in [-0.2, -0.15) is 0 Å². The molecule has 7 nitrogen and oxygen atoms in total. The monoisotopic (exact) mass is 595 g/mol. The fourth-order valence-corrected chi connectivity index (χ4v) is 6.74. The molecule has 9 heteroatoms. The van der Waals surface area contributed by atoms with Crippen molar-refractivity contribution < 1.29 is 18.0 Å². The van der Waals surface area contributed by atoms with Crippen LogP contribution in [0.15, 0.2) is 83.8 Å². The molecule has 0 aromatic heterocycles. The summed E-state index contributed by atoms with van der Waals surface area (Å²) in [6.07, 6.45) is 5.89. The normalized spacial score (nSPS) is 14.7. The summed E-state index contributed by atoms with van der Waals surface area (Å²) >= 11 is 6.45. The minimum absolute atomic E-state index is 0.0613. The molecule has 1 saturated carbocycles. The van der Waals surface area contributed by atoms with Crippen LogP contribution in [0.3, 0.4) is 0 Å². The lowest BCUT2D eigenvalue weighted by Gasteiger charge is -2.33. The van der Waals surface area contributed by atoms with Crippen molar-refractivity contribution in [3.05, 3.63) is 95.0 Å². The number of aryl methyl sites for hydroxylation is 1. The molecule has 218 valence electrons. The minimum atomic E-state index is -4.09. The quantitative estimate of drug-likeness (QED) is 0.296. The molecule has 3 aromatic carbocycles. The lowest BCUT2D eigenvalue weighted by molar-refractivity contribution is -0.139. The number of halogens is 1. The van der Waals surface area contributed by atoms with Gasteiger partial charge in [-0.05, 0) is 67.6 Å². The molecule has 0 spiro atoms. The van der Waals surface area contributed by atoms with Crippen molar-refractivity contribution in [1.82, 2.24) is 10.2 Å². The van der Waals surface area contributed by atoms with Crippen LogP contribution in [0.5, 0.6) is 0 Å². The Morgan fingerprint density at radius 3 is 2.20 bits per heavy atom. The van der Waals surface area contributed by atoms with E-state index in [0.29, 0.717) is 16.3 Å². The highest BCUT2D eigenvalue weighted by Gasteiger charge is 2.33. The average Bonchev–Trinajstić information content (AvgIpc) is 3.00. The number of nitrogens with one attached hydrogen (secondary N) is 1. The number of rotatable bonds is 11. The highest BCUT2D eigenvalue weighted by atomic mass is 35.5. The van der Waals surface area contributed by atoms with Crippen LogP contribution >= 0.6 is 11.6 Å². The van der Waals surface area contributed by atoms with Gasteiger partial charge in [-0.1, -0.05) is 86.3 Å². The summed E-state index contributed by atoms with van der Waals surface area (Å²) in [5.74, 6) is -0.766. The molecule has 1 fully saturated rings. The number of sulfonamides is 1. The second-order valence-corrected chi connectivity index (χ2v) is 12.7. The molecular formula is C32H38ClN3O4S. The zero-order valence-electron chi connectivity index (χ0n) is 23.6. The molecule has 0 heterocycles. The summed E-state index contributed by atoms with van der Waals surface area (Å²) in [6.45, 7) is 3.28. The Labute approximate surface area is 248 Å². The number of benzene rings is 3. The molecule has 0 saturated heterocycles. The van der Waals surface area contributed by atoms with E-state index in [1.165, 1.54) is 17.0 Å². The maximum Gasteiger partial charge on any atom is 0.264 e. The third kappa shape index (κ3) is 7.68. The Bertz CT molecular complexity index is 1420. The van der Waals surface area contributed by atoms with Gasteiger partial charge in [0.1, 0.15) is 12.6 Å². The lowest BCUT2D eigenvalue weighted by Crippen LogP contribution is -2.53. The van der Waals surface area contributed by atoms with Crippen LogP contribution in [-0.2, 0) is 32.6 Å². The lowest BCUT2D eigenvalue weighted by atomic mass is 9.95. The summed E-state index contributed by atoms with van der Waals surface area (Å²) in [5, 5.41) is 3.58. The first-order valence-electron chi connectivity index (χ1n) is 14.2. The third-order valence-electron chi connectivity index (χ3n) is 7.66. The van der Waals surface area contributed by atoms with Gasteiger partial charge < -0.3 is 10.2 Å². The number of amides is 2. The number of carbonyl (C=O) groups is 2. The number of hydrogen-bond acceptors (Lipinski definition) is 4. The SMILES string of the molecule is CCc1ccc(N(CC(=O)N(Cc2ccccc2Cl)C(C)C(=O)NC2CCCCC2)S(=O)(=O)c2ccccc2)cc1.